The van der Waals surface area contributed by atoms with E-state index < -0.39 is 20.0 Å². The van der Waals surface area contributed by atoms with Gasteiger partial charge in [0.1, 0.15) is 0 Å². The number of halogens is 1. The molecule has 1 aromatic rings. The first kappa shape index (κ1) is 21.5. The predicted molar refractivity (Wildman–Crippen MR) is 99.5 cm³/mol. The van der Waals surface area contributed by atoms with E-state index in [-0.39, 0.29) is 22.2 Å². The molecule has 0 saturated carbocycles. The summed E-state index contributed by atoms with van der Waals surface area (Å²) in [6, 6.07) is 5.49. The van der Waals surface area contributed by atoms with E-state index in [1.165, 1.54) is 32.9 Å². The maximum Gasteiger partial charge on any atom is 0.243 e. The van der Waals surface area contributed by atoms with Crippen molar-refractivity contribution in [3.05, 3.63) is 24.3 Å². The smallest absolute Gasteiger partial charge is 0.243 e. The van der Waals surface area contributed by atoms with Crippen LogP contribution in [0.5, 0.6) is 0 Å². The van der Waals surface area contributed by atoms with E-state index in [1.807, 2.05) is 0 Å². The molecule has 2 aliphatic rings. The Bertz CT molecular complexity index is 785. The quantitative estimate of drug-likeness (QED) is 0.735. The third kappa shape index (κ3) is 4.56. The number of sulfonamides is 2. The summed E-state index contributed by atoms with van der Waals surface area (Å²) < 4.78 is 58.6. The molecule has 0 aromatic heterocycles. The van der Waals surface area contributed by atoms with Crippen LogP contribution in [0.4, 0.5) is 0 Å². The van der Waals surface area contributed by atoms with Crippen LogP contribution in [-0.4, -0.2) is 77.9 Å². The topological polar surface area (TPSA) is 96.0 Å². The summed E-state index contributed by atoms with van der Waals surface area (Å²) in [7, 11) is -7.23. The molecule has 1 N–H and O–H groups in total. The molecule has 26 heavy (non-hydrogen) atoms. The lowest BCUT2D eigenvalue weighted by atomic mass is 10.4. The summed E-state index contributed by atoms with van der Waals surface area (Å²) >= 11 is 0. The molecular weight excluding hydrogens is 402 g/mol. The van der Waals surface area contributed by atoms with E-state index in [1.54, 1.807) is 0 Å². The Balaban J connectivity index is 0.00000243. The Morgan fingerprint density at radius 2 is 1.27 bits per heavy atom. The summed E-state index contributed by atoms with van der Waals surface area (Å²) in [5.41, 5.74) is 0. The minimum absolute atomic E-state index is 0. The Hall–Kier alpha value is -0.750. The number of morpholine rings is 1. The molecule has 3 rings (SSSR count). The van der Waals surface area contributed by atoms with Gasteiger partial charge in [-0.3, -0.25) is 0 Å². The summed E-state index contributed by atoms with van der Waals surface area (Å²) in [6.07, 6.45) is 0.753. The first-order chi connectivity index (χ1) is 11.9. The van der Waals surface area contributed by atoms with Gasteiger partial charge in [-0.1, -0.05) is 0 Å². The summed E-state index contributed by atoms with van der Waals surface area (Å²) in [6.45, 7) is 3.64. The van der Waals surface area contributed by atoms with Crippen LogP contribution >= 0.6 is 12.4 Å². The number of ether oxygens (including phenoxy) is 1. The molecule has 0 amide bonds. The zero-order chi connectivity index (χ0) is 17.9. The van der Waals surface area contributed by atoms with Gasteiger partial charge in [-0.15, -0.1) is 12.4 Å². The van der Waals surface area contributed by atoms with Crippen molar-refractivity contribution in [1.82, 2.24) is 13.9 Å². The van der Waals surface area contributed by atoms with Gasteiger partial charge < -0.3 is 10.1 Å². The van der Waals surface area contributed by atoms with Crippen LogP contribution in [-0.2, 0) is 24.8 Å². The maximum absolute atomic E-state index is 12.7. The molecule has 8 nitrogen and oxygen atoms in total. The first-order valence-electron chi connectivity index (χ1n) is 8.31. The van der Waals surface area contributed by atoms with Gasteiger partial charge in [0.15, 0.2) is 0 Å². The Labute approximate surface area is 161 Å². The molecule has 2 fully saturated rings. The summed E-state index contributed by atoms with van der Waals surface area (Å²) in [5.74, 6) is 0. The first-order valence-corrected chi connectivity index (χ1v) is 11.2. The van der Waals surface area contributed by atoms with Crippen LogP contribution in [0, 0.1) is 0 Å². The second kappa shape index (κ2) is 8.96. The molecule has 11 heteroatoms. The molecule has 2 aliphatic heterocycles. The number of nitrogens with one attached hydrogen (secondary N) is 1. The summed E-state index contributed by atoms with van der Waals surface area (Å²) in [5, 5.41) is 3.16. The van der Waals surface area contributed by atoms with Crippen molar-refractivity contribution in [2.75, 3.05) is 52.5 Å². The van der Waals surface area contributed by atoms with Crippen LogP contribution < -0.4 is 5.32 Å². The highest BCUT2D eigenvalue weighted by molar-refractivity contribution is 7.89. The predicted octanol–water partition coefficient (Wildman–Crippen LogP) is 0.113. The average Bonchev–Trinajstić information content (AvgIpc) is 2.92. The highest BCUT2D eigenvalue weighted by atomic mass is 35.5. The molecule has 0 radical (unpaired) electrons. The fourth-order valence-electron chi connectivity index (χ4n) is 2.93. The number of hydrogen-bond acceptors (Lipinski definition) is 6. The molecule has 0 unspecified atom stereocenters. The van der Waals surface area contributed by atoms with Gasteiger partial charge in [0.2, 0.25) is 20.0 Å². The van der Waals surface area contributed by atoms with Crippen LogP contribution in [0.2, 0.25) is 0 Å². The zero-order valence-corrected chi connectivity index (χ0v) is 16.8. The number of rotatable bonds is 4. The Morgan fingerprint density at radius 1 is 0.769 bits per heavy atom. The Kier molecular flexibility index (Phi) is 7.43. The van der Waals surface area contributed by atoms with Crippen LogP contribution in [0.3, 0.4) is 0 Å². The number of hydrogen-bond donors (Lipinski definition) is 1. The van der Waals surface area contributed by atoms with Crippen molar-refractivity contribution < 1.29 is 21.6 Å². The number of benzene rings is 1. The SMILES string of the molecule is Cl.O=S(=O)(c1ccc(S(=O)(=O)N2CCOCC2)cc1)N1CCCNCC1. The van der Waals surface area contributed by atoms with Gasteiger partial charge in [-0.25, -0.2) is 16.8 Å². The van der Waals surface area contributed by atoms with Crippen LogP contribution in [0.15, 0.2) is 34.1 Å². The second-order valence-electron chi connectivity index (χ2n) is 6.00. The molecule has 0 spiro atoms. The third-order valence-electron chi connectivity index (χ3n) is 4.37. The maximum atomic E-state index is 12.7. The minimum Gasteiger partial charge on any atom is -0.379 e. The largest absolute Gasteiger partial charge is 0.379 e. The molecular formula is C15H24ClN3O5S2. The van der Waals surface area contributed by atoms with Crippen molar-refractivity contribution in [2.45, 2.75) is 16.2 Å². The standard InChI is InChI=1S/C15H23N3O5S2.ClH/c19-24(20,17-8-1-6-16-7-9-17)14-2-4-15(5-3-14)25(21,22)18-10-12-23-13-11-18;/h2-5,16H,1,6-13H2;1H. The zero-order valence-electron chi connectivity index (χ0n) is 14.3. The molecule has 0 atom stereocenters. The van der Waals surface area contributed by atoms with Crippen LogP contribution in [0.25, 0.3) is 0 Å². The fourth-order valence-corrected chi connectivity index (χ4v) is 5.82. The van der Waals surface area contributed by atoms with Crippen molar-refractivity contribution in [3.63, 3.8) is 0 Å². The average molecular weight is 426 g/mol. The molecule has 0 bridgehead atoms. The van der Waals surface area contributed by atoms with E-state index in [4.69, 9.17) is 4.74 Å². The van der Waals surface area contributed by atoms with E-state index >= 15 is 0 Å². The van der Waals surface area contributed by atoms with Crippen LogP contribution in [0.1, 0.15) is 6.42 Å². The third-order valence-corrected chi connectivity index (χ3v) is 8.19. The fraction of sp³-hybridized carbons (Fsp3) is 0.600. The monoisotopic (exact) mass is 425 g/mol. The van der Waals surface area contributed by atoms with Crippen molar-refractivity contribution >= 4 is 32.5 Å². The van der Waals surface area contributed by atoms with E-state index in [0.717, 1.165) is 13.0 Å². The minimum atomic E-state index is -3.62. The number of nitrogens with zero attached hydrogens (tertiary/aromatic N) is 2. The van der Waals surface area contributed by atoms with Crippen molar-refractivity contribution in [2.24, 2.45) is 0 Å². The highest BCUT2D eigenvalue weighted by Gasteiger charge is 2.28. The van der Waals surface area contributed by atoms with Gasteiger partial charge in [0.25, 0.3) is 0 Å². The van der Waals surface area contributed by atoms with Crippen molar-refractivity contribution in [1.29, 1.82) is 0 Å². The van der Waals surface area contributed by atoms with Gasteiger partial charge in [-0.2, -0.15) is 8.61 Å². The molecule has 148 valence electrons. The summed E-state index contributed by atoms with van der Waals surface area (Å²) in [4.78, 5) is 0.223. The lowest BCUT2D eigenvalue weighted by molar-refractivity contribution is 0.0730. The van der Waals surface area contributed by atoms with Crippen molar-refractivity contribution in [3.8, 4) is 0 Å². The van der Waals surface area contributed by atoms with E-state index in [2.05, 4.69) is 5.32 Å². The van der Waals surface area contributed by atoms with E-state index in [9.17, 15) is 16.8 Å². The van der Waals surface area contributed by atoms with E-state index in [0.29, 0.717) is 45.9 Å². The second-order valence-corrected chi connectivity index (χ2v) is 9.87. The van der Waals surface area contributed by atoms with Gasteiger partial charge >= 0.3 is 0 Å². The lowest BCUT2D eigenvalue weighted by Gasteiger charge is -2.26. The normalized spacial score (nSPS) is 20.9. The van der Waals surface area contributed by atoms with Gasteiger partial charge in [0, 0.05) is 32.7 Å². The molecule has 2 heterocycles. The van der Waals surface area contributed by atoms with Gasteiger partial charge in [0.05, 0.1) is 23.0 Å². The highest BCUT2D eigenvalue weighted by Crippen LogP contribution is 2.22. The molecule has 0 aliphatic carbocycles. The lowest BCUT2D eigenvalue weighted by Crippen LogP contribution is -2.40. The molecule has 1 aromatic carbocycles. The van der Waals surface area contributed by atoms with Gasteiger partial charge in [-0.05, 0) is 37.2 Å². The molecule has 2 saturated heterocycles. The Morgan fingerprint density at radius 3 is 1.81 bits per heavy atom.